The Morgan fingerprint density at radius 3 is 2.11 bits per heavy atom. The van der Waals surface area contributed by atoms with E-state index in [0.29, 0.717) is 0 Å². The van der Waals surface area contributed by atoms with Gasteiger partial charge < -0.3 is 9.84 Å². The van der Waals surface area contributed by atoms with Gasteiger partial charge in [0.15, 0.2) is 0 Å². The Morgan fingerprint density at radius 1 is 0.947 bits per heavy atom. The van der Waals surface area contributed by atoms with Crippen molar-refractivity contribution in [1.82, 2.24) is 0 Å². The van der Waals surface area contributed by atoms with Gasteiger partial charge in [-0.15, -0.1) is 0 Å². The second kappa shape index (κ2) is 9.85. The summed E-state index contributed by atoms with van der Waals surface area (Å²) in [6.45, 7) is 2.24. The van der Waals surface area contributed by atoms with Crippen molar-refractivity contribution in [1.29, 1.82) is 0 Å². The minimum Gasteiger partial charge on any atom is -0.497 e. The zero-order chi connectivity index (χ0) is 13.9. The maximum atomic E-state index is 10.1. The number of rotatable bonds is 10. The molecule has 0 spiro atoms. The molecule has 19 heavy (non-hydrogen) atoms. The van der Waals surface area contributed by atoms with E-state index in [-0.39, 0.29) is 6.10 Å². The first-order valence-electron chi connectivity index (χ1n) is 7.60. The molecular formula is C17H28O2. The maximum absolute atomic E-state index is 10.1. The number of methoxy groups -OCH3 is 1. The van der Waals surface area contributed by atoms with Gasteiger partial charge in [-0.2, -0.15) is 0 Å². The van der Waals surface area contributed by atoms with Crippen LogP contribution in [0.2, 0.25) is 0 Å². The fourth-order valence-electron chi connectivity index (χ4n) is 2.29. The lowest BCUT2D eigenvalue weighted by Gasteiger charge is -2.11. The molecule has 2 heteroatoms. The molecule has 1 N–H and O–H groups in total. The Morgan fingerprint density at radius 2 is 1.53 bits per heavy atom. The van der Waals surface area contributed by atoms with Crippen LogP contribution in [0.4, 0.5) is 0 Å². The van der Waals surface area contributed by atoms with Crippen LogP contribution in [0.25, 0.3) is 0 Å². The summed E-state index contributed by atoms with van der Waals surface area (Å²) in [7, 11) is 1.66. The Kier molecular flexibility index (Phi) is 8.31. The van der Waals surface area contributed by atoms with Gasteiger partial charge in [0.25, 0.3) is 0 Å². The van der Waals surface area contributed by atoms with Crippen LogP contribution in [0.3, 0.4) is 0 Å². The van der Waals surface area contributed by atoms with E-state index in [4.69, 9.17) is 4.74 Å². The lowest BCUT2D eigenvalue weighted by molar-refractivity contribution is 0.163. The number of aliphatic hydroxyl groups excluding tert-OH is 1. The second-order valence-corrected chi connectivity index (χ2v) is 5.20. The quantitative estimate of drug-likeness (QED) is 0.611. The van der Waals surface area contributed by atoms with Crippen LogP contribution >= 0.6 is 0 Å². The van der Waals surface area contributed by atoms with Gasteiger partial charge in [0.1, 0.15) is 5.75 Å². The summed E-state index contributed by atoms with van der Waals surface area (Å²) in [4.78, 5) is 0. The first kappa shape index (κ1) is 16.0. The first-order valence-corrected chi connectivity index (χ1v) is 7.60. The Hall–Kier alpha value is -1.02. The summed E-state index contributed by atoms with van der Waals surface area (Å²) in [6.07, 6.45) is 9.53. The topological polar surface area (TPSA) is 29.5 Å². The van der Waals surface area contributed by atoms with Gasteiger partial charge in [-0.3, -0.25) is 0 Å². The van der Waals surface area contributed by atoms with Crippen LogP contribution in [-0.2, 0) is 0 Å². The van der Waals surface area contributed by atoms with Crippen molar-refractivity contribution < 1.29 is 9.84 Å². The number of hydrogen-bond acceptors (Lipinski definition) is 2. The van der Waals surface area contributed by atoms with Crippen LogP contribution < -0.4 is 4.74 Å². The molecule has 1 rings (SSSR count). The van der Waals surface area contributed by atoms with Crippen molar-refractivity contribution in [3.05, 3.63) is 29.8 Å². The lowest BCUT2D eigenvalue weighted by Crippen LogP contribution is -1.97. The molecule has 0 aromatic heterocycles. The normalized spacial score (nSPS) is 12.4. The number of hydrogen-bond donors (Lipinski definition) is 1. The summed E-state index contributed by atoms with van der Waals surface area (Å²) in [5.74, 6) is 0.840. The summed E-state index contributed by atoms with van der Waals surface area (Å²) < 4.78 is 5.11. The van der Waals surface area contributed by atoms with Gasteiger partial charge in [-0.1, -0.05) is 64.0 Å². The molecule has 0 aliphatic rings. The van der Waals surface area contributed by atoms with Gasteiger partial charge in [0.2, 0.25) is 0 Å². The van der Waals surface area contributed by atoms with E-state index in [2.05, 4.69) is 6.92 Å². The van der Waals surface area contributed by atoms with E-state index in [0.717, 1.165) is 24.2 Å². The highest BCUT2D eigenvalue weighted by molar-refractivity contribution is 5.28. The minimum absolute atomic E-state index is 0.332. The average molecular weight is 264 g/mol. The molecule has 1 aromatic carbocycles. The highest BCUT2D eigenvalue weighted by Gasteiger charge is 2.06. The number of benzene rings is 1. The Labute approximate surface area is 117 Å². The smallest absolute Gasteiger partial charge is 0.118 e. The third-order valence-corrected chi connectivity index (χ3v) is 3.58. The van der Waals surface area contributed by atoms with Crippen molar-refractivity contribution >= 4 is 0 Å². The van der Waals surface area contributed by atoms with Crippen LogP contribution in [0.5, 0.6) is 5.75 Å². The number of aliphatic hydroxyl groups is 1. The molecule has 0 heterocycles. The van der Waals surface area contributed by atoms with E-state index >= 15 is 0 Å². The summed E-state index contributed by atoms with van der Waals surface area (Å²) >= 11 is 0. The highest BCUT2D eigenvalue weighted by Crippen LogP contribution is 2.22. The van der Waals surface area contributed by atoms with Gasteiger partial charge in [-0.05, 0) is 24.1 Å². The van der Waals surface area contributed by atoms with Crippen molar-refractivity contribution in [2.24, 2.45) is 0 Å². The number of unbranched alkanes of at least 4 members (excludes halogenated alkanes) is 6. The molecule has 1 atom stereocenters. The second-order valence-electron chi connectivity index (χ2n) is 5.20. The molecule has 0 saturated carbocycles. The molecule has 2 nitrogen and oxygen atoms in total. The highest BCUT2D eigenvalue weighted by atomic mass is 16.5. The minimum atomic E-state index is -0.332. The van der Waals surface area contributed by atoms with Crippen LogP contribution in [0, 0.1) is 0 Å². The molecule has 0 bridgehead atoms. The summed E-state index contributed by atoms with van der Waals surface area (Å²) in [6, 6.07) is 7.71. The molecule has 0 unspecified atom stereocenters. The fraction of sp³-hybridized carbons (Fsp3) is 0.647. The first-order chi connectivity index (χ1) is 9.27. The van der Waals surface area contributed by atoms with Gasteiger partial charge in [-0.25, -0.2) is 0 Å². The molecule has 0 amide bonds. The van der Waals surface area contributed by atoms with Crippen molar-refractivity contribution in [3.63, 3.8) is 0 Å². The fourth-order valence-corrected chi connectivity index (χ4v) is 2.29. The monoisotopic (exact) mass is 264 g/mol. The summed E-state index contributed by atoms with van der Waals surface area (Å²) in [5.41, 5.74) is 0.992. The van der Waals surface area contributed by atoms with Crippen LogP contribution in [-0.4, -0.2) is 12.2 Å². The zero-order valence-electron chi connectivity index (χ0n) is 12.4. The molecule has 0 radical (unpaired) electrons. The maximum Gasteiger partial charge on any atom is 0.118 e. The van der Waals surface area contributed by atoms with E-state index in [1.54, 1.807) is 7.11 Å². The standard InChI is InChI=1S/C17H28O2/c1-3-4-5-6-7-8-9-10-17(18)15-11-13-16(19-2)14-12-15/h11-14,17-18H,3-10H2,1-2H3/t17-/m0/s1. The zero-order valence-corrected chi connectivity index (χ0v) is 12.4. The van der Waals surface area contributed by atoms with Gasteiger partial charge in [0, 0.05) is 0 Å². The molecule has 0 aliphatic carbocycles. The SMILES string of the molecule is CCCCCCCCC[C@H](O)c1ccc(OC)cc1. The Balaban J connectivity index is 2.14. The summed E-state index contributed by atoms with van der Waals surface area (Å²) in [5, 5.41) is 10.1. The van der Waals surface area contributed by atoms with Gasteiger partial charge in [0.05, 0.1) is 13.2 Å². The van der Waals surface area contributed by atoms with E-state index in [9.17, 15) is 5.11 Å². The average Bonchev–Trinajstić information content (AvgIpc) is 2.46. The molecule has 1 aromatic rings. The van der Waals surface area contributed by atoms with E-state index in [1.807, 2.05) is 24.3 Å². The third-order valence-electron chi connectivity index (χ3n) is 3.58. The predicted molar refractivity (Wildman–Crippen MR) is 80.6 cm³/mol. The largest absolute Gasteiger partial charge is 0.497 e. The van der Waals surface area contributed by atoms with Crippen molar-refractivity contribution in [2.45, 2.75) is 64.4 Å². The van der Waals surface area contributed by atoms with E-state index in [1.165, 1.54) is 38.5 Å². The molecule has 0 saturated heterocycles. The molecule has 108 valence electrons. The number of ether oxygens (including phenoxy) is 1. The van der Waals surface area contributed by atoms with Crippen LogP contribution in [0.15, 0.2) is 24.3 Å². The predicted octanol–water partition coefficient (Wildman–Crippen LogP) is 4.87. The van der Waals surface area contributed by atoms with E-state index < -0.39 is 0 Å². The molecular weight excluding hydrogens is 236 g/mol. The van der Waals surface area contributed by atoms with Crippen LogP contribution in [0.1, 0.15) is 70.0 Å². The van der Waals surface area contributed by atoms with Crippen molar-refractivity contribution in [3.8, 4) is 5.75 Å². The van der Waals surface area contributed by atoms with Crippen molar-refractivity contribution in [2.75, 3.05) is 7.11 Å². The third kappa shape index (κ3) is 6.63. The lowest BCUT2D eigenvalue weighted by atomic mass is 10.0. The molecule has 0 aliphatic heterocycles. The Bertz CT molecular complexity index is 319. The van der Waals surface area contributed by atoms with Gasteiger partial charge >= 0.3 is 0 Å². The molecule has 0 fully saturated rings.